The molecule has 1 aromatic carbocycles. The summed E-state index contributed by atoms with van der Waals surface area (Å²) in [5, 5.41) is 19.1. The lowest BCUT2D eigenvalue weighted by atomic mass is 10.2. The van der Waals surface area contributed by atoms with Gasteiger partial charge in [-0.3, -0.25) is 9.59 Å². The zero-order chi connectivity index (χ0) is 15.4. The maximum atomic E-state index is 12.0. The summed E-state index contributed by atoms with van der Waals surface area (Å²) in [6, 6.07) is 4.76. The Kier molecular flexibility index (Phi) is 4.77. The number of benzene rings is 1. The molecule has 1 aromatic heterocycles. The number of amides is 1. The molecule has 2 aromatic rings. The van der Waals surface area contributed by atoms with Gasteiger partial charge in [-0.15, -0.1) is 5.10 Å². The molecule has 0 aliphatic heterocycles. The molecule has 0 atom stereocenters. The van der Waals surface area contributed by atoms with E-state index < -0.39 is 11.9 Å². The van der Waals surface area contributed by atoms with Crippen LogP contribution in [0.25, 0.3) is 0 Å². The van der Waals surface area contributed by atoms with Crippen molar-refractivity contribution in [3.63, 3.8) is 0 Å². The summed E-state index contributed by atoms with van der Waals surface area (Å²) >= 11 is 11.8. The molecule has 0 aliphatic carbocycles. The Morgan fingerprint density at radius 3 is 2.57 bits per heavy atom. The monoisotopic (exact) mass is 328 g/mol. The van der Waals surface area contributed by atoms with Gasteiger partial charge in [0.1, 0.15) is 12.2 Å². The van der Waals surface area contributed by atoms with Gasteiger partial charge in [-0.25, -0.2) is 4.68 Å². The van der Waals surface area contributed by atoms with E-state index >= 15 is 0 Å². The highest BCUT2D eigenvalue weighted by Gasteiger charge is 2.14. The first kappa shape index (κ1) is 15.3. The summed E-state index contributed by atoms with van der Waals surface area (Å²) in [6.07, 6.45) is 1.43. The average molecular weight is 329 g/mol. The normalized spacial score (nSPS) is 10.4. The number of carbonyl (C=O) groups excluding carboxylic acids is 1. The number of carbonyl (C=O) groups is 2. The minimum absolute atomic E-state index is 0.0833. The molecule has 1 heterocycles. The van der Waals surface area contributed by atoms with Gasteiger partial charge in [-0.05, 0) is 12.1 Å². The average Bonchev–Trinajstić information content (AvgIpc) is 2.83. The second-order valence-electron chi connectivity index (χ2n) is 4.08. The van der Waals surface area contributed by atoms with Gasteiger partial charge in [-0.1, -0.05) is 34.5 Å². The number of aliphatic carboxylic acids is 1. The van der Waals surface area contributed by atoms with Crippen LogP contribution in [-0.4, -0.2) is 32.0 Å². The number of hydrogen-bond donors (Lipinski definition) is 2. The van der Waals surface area contributed by atoms with Crippen molar-refractivity contribution >= 4 is 35.1 Å². The van der Waals surface area contributed by atoms with Crippen molar-refractivity contribution in [2.24, 2.45) is 0 Å². The van der Waals surface area contributed by atoms with E-state index in [1.165, 1.54) is 6.20 Å². The van der Waals surface area contributed by atoms with Gasteiger partial charge in [-0.2, -0.15) is 0 Å². The summed E-state index contributed by atoms with van der Waals surface area (Å²) in [5.74, 6) is -1.48. The minimum Gasteiger partial charge on any atom is -0.480 e. The number of carboxylic acids is 1. The Balaban J connectivity index is 2.01. The van der Waals surface area contributed by atoms with E-state index in [-0.39, 0.29) is 28.7 Å². The van der Waals surface area contributed by atoms with E-state index in [9.17, 15) is 9.59 Å². The molecule has 0 fully saturated rings. The molecule has 21 heavy (non-hydrogen) atoms. The van der Waals surface area contributed by atoms with Crippen LogP contribution in [0.2, 0.25) is 10.0 Å². The third-order valence-electron chi connectivity index (χ3n) is 2.50. The van der Waals surface area contributed by atoms with E-state index in [2.05, 4.69) is 15.6 Å². The van der Waals surface area contributed by atoms with E-state index in [1.54, 1.807) is 18.2 Å². The number of nitrogens with zero attached hydrogens (tertiary/aromatic N) is 3. The van der Waals surface area contributed by atoms with Crippen LogP contribution in [0.3, 0.4) is 0 Å². The highest BCUT2D eigenvalue weighted by atomic mass is 35.5. The Labute approximate surface area is 129 Å². The van der Waals surface area contributed by atoms with Crippen molar-refractivity contribution < 1.29 is 14.7 Å². The first-order valence-electron chi connectivity index (χ1n) is 5.80. The smallest absolute Gasteiger partial charge is 0.325 e. The van der Waals surface area contributed by atoms with Crippen molar-refractivity contribution in [3.05, 3.63) is 45.7 Å². The van der Waals surface area contributed by atoms with Crippen molar-refractivity contribution in [2.75, 3.05) is 0 Å². The van der Waals surface area contributed by atoms with Crippen molar-refractivity contribution in [3.8, 4) is 0 Å². The third kappa shape index (κ3) is 3.93. The number of aromatic nitrogens is 3. The number of rotatable bonds is 5. The molecule has 0 saturated carbocycles. The van der Waals surface area contributed by atoms with Crippen LogP contribution >= 0.6 is 23.2 Å². The van der Waals surface area contributed by atoms with Gasteiger partial charge < -0.3 is 10.4 Å². The van der Waals surface area contributed by atoms with E-state index in [0.29, 0.717) is 5.69 Å². The Bertz CT molecular complexity index is 667. The fraction of sp³-hybridized carbons (Fsp3) is 0.167. The number of hydrogen-bond acceptors (Lipinski definition) is 4. The van der Waals surface area contributed by atoms with Crippen LogP contribution in [0.15, 0.2) is 24.4 Å². The molecular weight excluding hydrogens is 319 g/mol. The van der Waals surface area contributed by atoms with Gasteiger partial charge in [0, 0.05) is 0 Å². The molecule has 0 aliphatic rings. The summed E-state index contributed by atoms with van der Waals surface area (Å²) in [5.41, 5.74) is 0.603. The SMILES string of the molecule is O=C(O)Cn1cc(CNC(=O)c2c(Cl)cccc2Cl)nn1. The third-order valence-corrected chi connectivity index (χ3v) is 3.13. The molecular formula is C12H10Cl2N4O3. The molecule has 0 bridgehead atoms. The van der Waals surface area contributed by atoms with Crippen LogP contribution < -0.4 is 5.32 Å². The van der Waals surface area contributed by atoms with Crippen LogP contribution in [0, 0.1) is 0 Å². The van der Waals surface area contributed by atoms with Gasteiger partial charge in [0.15, 0.2) is 0 Å². The summed E-state index contributed by atoms with van der Waals surface area (Å²) in [4.78, 5) is 22.5. The predicted octanol–water partition coefficient (Wildman–Crippen LogP) is 1.60. The van der Waals surface area contributed by atoms with Crippen LogP contribution in [0.4, 0.5) is 0 Å². The first-order valence-corrected chi connectivity index (χ1v) is 6.56. The fourth-order valence-electron chi connectivity index (χ4n) is 1.61. The van der Waals surface area contributed by atoms with Gasteiger partial charge in [0.2, 0.25) is 0 Å². The highest BCUT2D eigenvalue weighted by molar-refractivity contribution is 6.39. The molecule has 9 heteroatoms. The van der Waals surface area contributed by atoms with E-state index in [0.717, 1.165) is 4.68 Å². The fourth-order valence-corrected chi connectivity index (χ4v) is 2.18. The second kappa shape index (κ2) is 6.55. The maximum Gasteiger partial charge on any atom is 0.325 e. The molecule has 2 N–H and O–H groups in total. The minimum atomic E-state index is -1.03. The summed E-state index contributed by atoms with van der Waals surface area (Å²) in [7, 11) is 0. The van der Waals surface area contributed by atoms with Crippen molar-refractivity contribution in [1.29, 1.82) is 0 Å². The van der Waals surface area contributed by atoms with Crippen molar-refractivity contribution in [1.82, 2.24) is 20.3 Å². The first-order chi connectivity index (χ1) is 9.97. The number of carboxylic acid groups (broad SMARTS) is 1. The molecule has 110 valence electrons. The van der Waals surface area contributed by atoms with E-state index in [4.69, 9.17) is 28.3 Å². The highest BCUT2D eigenvalue weighted by Crippen LogP contribution is 2.23. The van der Waals surface area contributed by atoms with Gasteiger partial charge >= 0.3 is 5.97 Å². The summed E-state index contributed by atoms with van der Waals surface area (Å²) < 4.78 is 1.16. The van der Waals surface area contributed by atoms with Crippen LogP contribution in [-0.2, 0) is 17.9 Å². The molecule has 2 rings (SSSR count). The molecule has 0 radical (unpaired) electrons. The Hall–Kier alpha value is -2.12. The quantitative estimate of drug-likeness (QED) is 0.868. The molecule has 1 amide bonds. The maximum absolute atomic E-state index is 12.0. The molecule has 0 spiro atoms. The standard InChI is InChI=1S/C12H10Cl2N4O3/c13-8-2-1-3-9(14)11(8)12(21)15-4-7-5-18(17-16-7)6-10(19)20/h1-3,5H,4,6H2,(H,15,21)(H,19,20). The van der Waals surface area contributed by atoms with Gasteiger partial charge in [0.25, 0.3) is 5.91 Å². The lowest BCUT2D eigenvalue weighted by Crippen LogP contribution is -2.23. The zero-order valence-corrected chi connectivity index (χ0v) is 12.1. The van der Waals surface area contributed by atoms with Crippen LogP contribution in [0.1, 0.15) is 16.1 Å². The predicted molar refractivity (Wildman–Crippen MR) is 75.3 cm³/mol. The lowest BCUT2D eigenvalue weighted by Gasteiger charge is -2.06. The largest absolute Gasteiger partial charge is 0.480 e. The Morgan fingerprint density at radius 2 is 1.95 bits per heavy atom. The van der Waals surface area contributed by atoms with Gasteiger partial charge in [0.05, 0.1) is 28.4 Å². The molecule has 0 saturated heterocycles. The van der Waals surface area contributed by atoms with Crippen LogP contribution in [0.5, 0.6) is 0 Å². The lowest BCUT2D eigenvalue weighted by molar-refractivity contribution is -0.137. The van der Waals surface area contributed by atoms with Crippen molar-refractivity contribution in [2.45, 2.75) is 13.1 Å². The second-order valence-corrected chi connectivity index (χ2v) is 4.89. The zero-order valence-electron chi connectivity index (χ0n) is 10.6. The molecule has 7 nitrogen and oxygen atoms in total. The Morgan fingerprint density at radius 1 is 1.29 bits per heavy atom. The topological polar surface area (TPSA) is 97.1 Å². The number of halogens is 2. The van der Waals surface area contributed by atoms with E-state index in [1.807, 2.05) is 0 Å². The number of nitrogens with one attached hydrogen (secondary N) is 1. The summed E-state index contributed by atoms with van der Waals surface area (Å²) in [6.45, 7) is -0.211. The molecule has 0 unspecified atom stereocenters.